The maximum atomic E-state index is 12.8. The second-order valence-corrected chi connectivity index (χ2v) is 10.8. The molecule has 2 aliphatic rings. The van der Waals surface area contributed by atoms with Crippen LogP contribution >= 0.6 is 0 Å². The van der Waals surface area contributed by atoms with Crippen LogP contribution in [0.15, 0.2) is 12.2 Å². The van der Waals surface area contributed by atoms with Gasteiger partial charge in [-0.3, -0.25) is 0 Å². The van der Waals surface area contributed by atoms with Gasteiger partial charge in [0.15, 0.2) is 0 Å². The Balaban J connectivity index is 1.64. The predicted octanol–water partition coefficient (Wildman–Crippen LogP) is 6.92. The Hall–Kier alpha value is -1.36. The summed E-state index contributed by atoms with van der Waals surface area (Å²) < 4.78 is 16.9. The van der Waals surface area contributed by atoms with Gasteiger partial charge >= 0.3 is 11.9 Å². The zero-order chi connectivity index (χ0) is 24.2. The van der Waals surface area contributed by atoms with E-state index in [2.05, 4.69) is 27.7 Å². The fraction of sp³-hybridized carbons (Fsp3) is 0.857. The molecule has 1 fully saturated rings. The summed E-state index contributed by atoms with van der Waals surface area (Å²) in [7, 11) is 0. The molecule has 0 saturated carbocycles. The highest BCUT2D eigenvalue weighted by molar-refractivity contribution is 6.00. The molecule has 0 spiro atoms. The Morgan fingerprint density at radius 2 is 1.24 bits per heavy atom. The Kier molecular flexibility index (Phi) is 11.9. The first-order valence-electron chi connectivity index (χ1n) is 13.6. The van der Waals surface area contributed by atoms with Gasteiger partial charge in [0.1, 0.15) is 0 Å². The Labute approximate surface area is 202 Å². The van der Waals surface area contributed by atoms with Crippen molar-refractivity contribution in [1.82, 2.24) is 0 Å². The molecule has 5 heteroatoms. The summed E-state index contributed by atoms with van der Waals surface area (Å²) in [4.78, 5) is 25.6. The molecule has 0 aromatic carbocycles. The normalized spacial score (nSPS) is 23.6. The summed E-state index contributed by atoms with van der Waals surface area (Å²) in [6.07, 6.45) is 18.5. The topological polar surface area (TPSA) is 65.1 Å². The third-order valence-electron chi connectivity index (χ3n) is 6.86. The summed E-state index contributed by atoms with van der Waals surface area (Å²) in [6, 6.07) is 0. The van der Waals surface area contributed by atoms with Gasteiger partial charge in [0, 0.05) is 0 Å². The van der Waals surface area contributed by atoms with Crippen molar-refractivity contribution in [2.75, 3.05) is 13.2 Å². The van der Waals surface area contributed by atoms with Crippen LogP contribution in [0.3, 0.4) is 0 Å². The number of hydrogen-bond acceptors (Lipinski definition) is 5. The Bertz CT molecular complexity index is 626. The van der Waals surface area contributed by atoms with E-state index in [0.29, 0.717) is 26.1 Å². The minimum Gasteiger partial charge on any atom is -0.463 e. The van der Waals surface area contributed by atoms with Crippen molar-refractivity contribution in [3.8, 4) is 0 Å². The number of unbranched alkanes of at least 4 members (excludes halogenated alkanes) is 8. The lowest BCUT2D eigenvalue weighted by atomic mass is 9.84. The number of carbonyl (C=O) groups excluding carboxylic acids is 2. The lowest BCUT2D eigenvalue weighted by Gasteiger charge is -2.18. The fourth-order valence-corrected chi connectivity index (χ4v) is 4.68. The van der Waals surface area contributed by atoms with Crippen LogP contribution in [0.2, 0.25) is 0 Å². The molecule has 0 amide bonds. The number of ether oxygens (including phenoxy) is 3. The molecule has 0 aromatic heterocycles. The molecule has 2 unspecified atom stereocenters. The van der Waals surface area contributed by atoms with Gasteiger partial charge in [-0.25, -0.2) is 9.59 Å². The summed E-state index contributed by atoms with van der Waals surface area (Å²) in [5.41, 5.74) is -2.44. The van der Waals surface area contributed by atoms with E-state index in [4.69, 9.17) is 14.2 Å². The SMILES string of the molecule is CC(C)CCCCCCCOC(=O)C12C=CCCC1(C(=O)OCCCCCCCC(C)C)O2. The summed E-state index contributed by atoms with van der Waals surface area (Å²) in [5.74, 6) is 0.674. The number of epoxide rings is 1. The standard InChI is InChI=1S/C28H48O5/c1-23(2)17-11-7-5-9-15-21-31-25(29)27-19-13-14-20-28(27,33-27)26(30)32-22-16-10-6-8-12-18-24(3)4/h13,19,23-24H,5-12,14-18,20-22H2,1-4H3. The molecule has 1 aliphatic heterocycles. The van der Waals surface area contributed by atoms with Crippen molar-refractivity contribution in [3.63, 3.8) is 0 Å². The van der Waals surface area contributed by atoms with E-state index in [1.807, 2.05) is 6.08 Å². The lowest BCUT2D eigenvalue weighted by molar-refractivity contribution is -0.153. The first-order valence-corrected chi connectivity index (χ1v) is 13.6. The second-order valence-electron chi connectivity index (χ2n) is 10.8. The van der Waals surface area contributed by atoms with Crippen molar-refractivity contribution in [3.05, 3.63) is 12.2 Å². The number of fused-ring (bicyclic) bond motifs is 1. The summed E-state index contributed by atoms with van der Waals surface area (Å²) in [6.45, 7) is 9.79. The average molecular weight is 465 g/mol. The van der Waals surface area contributed by atoms with Crippen molar-refractivity contribution < 1.29 is 23.8 Å². The van der Waals surface area contributed by atoms with Crippen LogP contribution in [0.5, 0.6) is 0 Å². The molecule has 0 aromatic rings. The molecule has 2 rings (SSSR count). The average Bonchev–Trinajstić information content (AvgIpc) is 3.49. The quantitative estimate of drug-likeness (QED) is 0.0953. The minimum atomic E-state index is -1.27. The van der Waals surface area contributed by atoms with Crippen LogP contribution in [0.25, 0.3) is 0 Å². The van der Waals surface area contributed by atoms with Crippen LogP contribution in [0.4, 0.5) is 0 Å². The molecule has 1 heterocycles. The highest BCUT2D eigenvalue weighted by atomic mass is 16.7. The highest BCUT2D eigenvalue weighted by Crippen LogP contribution is 2.56. The Morgan fingerprint density at radius 3 is 1.79 bits per heavy atom. The molecule has 1 saturated heterocycles. The van der Waals surface area contributed by atoms with E-state index < -0.39 is 23.1 Å². The zero-order valence-electron chi connectivity index (χ0n) is 21.7. The van der Waals surface area contributed by atoms with Crippen LogP contribution in [0.1, 0.15) is 118 Å². The van der Waals surface area contributed by atoms with Crippen LogP contribution in [-0.2, 0) is 23.8 Å². The van der Waals surface area contributed by atoms with Gasteiger partial charge in [0.2, 0.25) is 11.2 Å². The molecule has 1 aliphatic carbocycles. The van der Waals surface area contributed by atoms with Crippen molar-refractivity contribution in [1.29, 1.82) is 0 Å². The van der Waals surface area contributed by atoms with Crippen molar-refractivity contribution >= 4 is 11.9 Å². The van der Waals surface area contributed by atoms with Crippen LogP contribution < -0.4 is 0 Å². The first kappa shape index (κ1) is 27.9. The van der Waals surface area contributed by atoms with Crippen molar-refractivity contribution in [2.24, 2.45) is 11.8 Å². The second kappa shape index (κ2) is 14.1. The zero-order valence-corrected chi connectivity index (χ0v) is 21.7. The van der Waals surface area contributed by atoms with Gasteiger partial charge in [-0.2, -0.15) is 0 Å². The largest absolute Gasteiger partial charge is 0.463 e. The molecule has 0 bridgehead atoms. The van der Waals surface area contributed by atoms with Gasteiger partial charge in [-0.05, 0) is 43.6 Å². The molecule has 2 atom stereocenters. The lowest BCUT2D eigenvalue weighted by Crippen LogP contribution is -2.42. The van der Waals surface area contributed by atoms with E-state index in [1.54, 1.807) is 6.08 Å². The number of rotatable bonds is 18. The monoisotopic (exact) mass is 464 g/mol. The molecular weight excluding hydrogens is 416 g/mol. The van der Waals surface area contributed by atoms with E-state index in [1.165, 1.54) is 51.4 Å². The number of esters is 2. The third kappa shape index (κ3) is 8.42. The van der Waals surface area contributed by atoms with Crippen LogP contribution in [-0.4, -0.2) is 36.4 Å². The maximum absolute atomic E-state index is 12.8. The molecule has 0 N–H and O–H groups in total. The van der Waals surface area contributed by atoms with E-state index in [-0.39, 0.29) is 0 Å². The van der Waals surface area contributed by atoms with Gasteiger partial charge in [0.05, 0.1) is 13.2 Å². The number of carbonyl (C=O) groups is 2. The summed E-state index contributed by atoms with van der Waals surface area (Å²) >= 11 is 0. The molecule has 5 nitrogen and oxygen atoms in total. The van der Waals surface area contributed by atoms with Crippen LogP contribution in [0, 0.1) is 11.8 Å². The van der Waals surface area contributed by atoms with Gasteiger partial charge in [0.25, 0.3) is 0 Å². The maximum Gasteiger partial charge on any atom is 0.346 e. The van der Waals surface area contributed by atoms with Gasteiger partial charge in [-0.1, -0.05) is 98.0 Å². The van der Waals surface area contributed by atoms with Gasteiger partial charge in [-0.15, -0.1) is 0 Å². The molecule has 33 heavy (non-hydrogen) atoms. The molecule has 0 radical (unpaired) electrons. The Morgan fingerprint density at radius 1 is 0.758 bits per heavy atom. The molecule has 190 valence electrons. The van der Waals surface area contributed by atoms with E-state index in [0.717, 1.165) is 37.5 Å². The number of allylic oxidation sites excluding steroid dienone is 1. The van der Waals surface area contributed by atoms with E-state index >= 15 is 0 Å². The third-order valence-corrected chi connectivity index (χ3v) is 6.86. The smallest absolute Gasteiger partial charge is 0.346 e. The van der Waals surface area contributed by atoms with Crippen molar-refractivity contribution in [2.45, 2.75) is 129 Å². The number of hydrogen-bond donors (Lipinski definition) is 0. The fourth-order valence-electron chi connectivity index (χ4n) is 4.68. The molecular formula is C28H48O5. The highest BCUT2D eigenvalue weighted by Gasteiger charge is 2.80. The summed E-state index contributed by atoms with van der Waals surface area (Å²) in [5, 5.41) is 0. The van der Waals surface area contributed by atoms with Gasteiger partial charge < -0.3 is 14.2 Å². The predicted molar refractivity (Wildman–Crippen MR) is 132 cm³/mol. The minimum absolute atomic E-state index is 0.379. The first-order chi connectivity index (χ1) is 15.8. The van der Waals surface area contributed by atoms with E-state index in [9.17, 15) is 9.59 Å².